The second-order valence-electron chi connectivity index (χ2n) is 8.29. The summed E-state index contributed by atoms with van der Waals surface area (Å²) >= 11 is 0. The van der Waals surface area contributed by atoms with Gasteiger partial charge in [0.05, 0.1) is 19.2 Å². The Morgan fingerprint density at radius 1 is 0.912 bits per heavy atom. The van der Waals surface area contributed by atoms with Crippen molar-refractivity contribution in [2.24, 2.45) is 0 Å². The Hall–Kier alpha value is -4.26. The molecule has 34 heavy (non-hydrogen) atoms. The van der Waals surface area contributed by atoms with Crippen LogP contribution in [0.3, 0.4) is 0 Å². The van der Waals surface area contributed by atoms with Crippen molar-refractivity contribution in [1.29, 1.82) is 0 Å². The summed E-state index contributed by atoms with van der Waals surface area (Å²) in [5.74, 6) is 1.16. The van der Waals surface area contributed by atoms with E-state index in [4.69, 9.17) is 14.2 Å². The van der Waals surface area contributed by atoms with Crippen LogP contribution in [0.1, 0.15) is 22.3 Å². The van der Waals surface area contributed by atoms with E-state index in [1.165, 1.54) is 4.90 Å². The molecule has 0 radical (unpaired) electrons. The van der Waals surface area contributed by atoms with Gasteiger partial charge in [-0.1, -0.05) is 30.3 Å². The summed E-state index contributed by atoms with van der Waals surface area (Å²) in [7, 11) is 1.58. The van der Waals surface area contributed by atoms with E-state index in [1.54, 1.807) is 25.3 Å². The van der Waals surface area contributed by atoms with Crippen LogP contribution in [0.2, 0.25) is 0 Å². The number of nitrogens with zero attached hydrogens (tertiary/aromatic N) is 1. The molecule has 2 amide bonds. The number of imide groups is 1. The van der Waals surface area contributed by atoms with E-state index in [1.807, 2.05) is 56.3 Å². The number of rotatable bonds is 6. The molecule has 0 saturated carbocycles. The van der Waals surface area contributed by atoms with Crippen LogP contribution in [-0.4, -0.2) is 30.6 Å². The number of fused-ring (bicyclic) bond motifs is 1. The van der Waals surface area contributed by atoms with Gasteiger partial charge in [-0.2, -0.15) is 0 Å². The molecule has 0 spiro atoms. The van der Waals surface area contributed by atoms with E-state index >= 15 is 0 Å². The van der Waals surface area contributed by atoms with Gasteiger partial charge in [0.25, 0.3) is 11.8 Å². The lowest BCUT2D eigenvalue weighted by Gasteiger charge is -2.16. The summed E-state index contributed by atoms with van der Waals surface area (Å²) in [5, 5.41) is 3.18. The maximum absolute atomic E-state index is 13.6. The van der Waals surface area contributed by atoms with Crippen molar-refractivity contribution in [3.63, 3.8) is 0 Å². The topological polar surface area (TPSA) is 77.1 Å². The number of carbonyl (C=O) groups excluding carboxylic acids is 2. The van der Waals surface area contributed by atoms with Gasteiger partial charge in [0.15, 0.2) is 11.5 Å². The lowest BCUT2D eigenvalue weighted by atomic mass is 9.99. The molecule has 172 valence electrons. The number of amides is 2. The fraction of sp³-hybridized carbons (Fsp3) is 0.185. The SMILES string of the molecule is COc1cccc(NC2=C(c3ccc(C)c(C)c3)C(=O)N(Cc3ccc4c(c3)OCO4)C2=O)c1. The molecule has 2 aliphatic heterocycles. The minimum Gasteiger partial charge on any atom is -0.497 e. The van der Waals surface area contributed by atoms with Crippen molar-refractivity contribution in [1.82, 2.24) is 4.90 Å². The Kier molecular flexibility index (Phi) is 5.45. The zero-order valence-electron chi connectivity index (χ0n) is 19.2. The van der Waals surface area contributed by atoms with Crippen LogP contribution in [0.25, 0.3) is 5.57 Å². The van der Waals surface area contributed by atoms with Crippen LogP contribution in [0.4, 0.5) is 5.69 Å². The minimum atomic E-state index is -0.390. The summed E-state index contributed by atoms with van der Waals surface area (Å²) in [6.45, 7) is 4.27. The highest BCUT2D eigenvalue weighted by Crippen LogP contribution is 2.36. The molecule has 7 nitrogen and oxygen atoms in total. The van der Waals surface area contributed by atoms with Crippen LogP contribution in [0.15, 0.2) is 66.4 Å². The molecule has 0 aromatic heterocycles. The second kappa shape index (κ2) is 8.59. The third kappa shape index (κ3) is 3.85. The van der Waals surface area contributed by atoms with Crippen molar-refractivity contribution < 1.29 is 23.8 Å². The van der Waals surface area contributed by atoms with Gasteiger partial charge in [0.1, 0.15) is 11.4 Å². The van der Waals surface area contributed by atoms with Gasteiger partial charge in [-0.15, -0.1) is 0 Å². The summed E-state index contributed by atoms with van der Waals surface area (Å²) in [4.78, 5) is 28.4. The van der Waals surface area contributed by atoms with Gasteiger partial charge in [0.2, 0.25) is 6.79 Å². The number of methoxy groups -OCH3 is 1. The van der Waals surface area contributed by atoms with Crippen LogP contribution in [0, 0.1) is 13.8 Å². The summed E-state index contributed by atoms with van der Waals surface area (Å²) < 4.78 is 16.1. The molecule has 1 N–H and O–H groups in total. The van der Waals surface area contributed by atoms with E-state index in [2.05, 4.69) is 5.32 Å². The first-order valence-electron chi connectivity index (χ1n) is 10.9. The lowest BCUT2D eigenvalue weighted by Crippen LogP contribution is -2.32. The molecule has 3 aromatic carbocycles. The molecule has 0 fully saturated rings. The van der Waals surface area contributed by atoms with Gasteiger partial charge in [-0.05, 0) is 60.4 Å². The second-order valence-corrected chi connectivity index (χ2v) is 8.29. The maximum Gasteiger partial charge on any atom is 0.278 e. The highest BCUT2D eigenvalue weighted by molar-refractivity contribution is 6.36. The van der Waals surface area contributed by atoms with Gasteiger partial charge < -0.3 is 19.5 Å². The van der Waals surface area contributed by atoms with Crippen molar-refractivity contribution >= 4 is 23.1 Å². The number of anilines is 1. The predicted molar refractivity (Wildman–Crippen MR) is 128 cm³/mol. The first kappa shape index (κ1) is 21.6. The molecule has 0 unspecified atom stereocenters. The third-order valence-electron chi connectivity index (χ3n) is 6.08. The van der Waals surface area contributed by atoms with Crippen molar-refractivity contribution in [2.45, 2.75) is 20.4 Å². The third-order valence-corrected chi connectivity index (χ3v) is 6.08. The summed E-state index contributed by atoms with van der Waals surface area (Å²) in [6, 6.07) is 18.4. The lowest BCUT2D eigenvalue weighted by molar-refractivity contribution is -0.137. The number of hydrogen-bond acceptors (Lipinski definition) is 6. The number of nitrogens with one attached hydrogen (secondary N) is 1. The predicted octanol–water partition coefficient (Wildman–Crippen LogP) is 4.43. The Labute approximate surface area is 197 Å². The van der Waals surface area contributed by atoms with Crippen LogP contribution in [-0.2, 0) is 16.1 Å². The molecule has 0 bridgehead atoms. The number of hydrogen-bond donors (Lipinski definition) is 1. The molecule has 5 rings (SSSR count). The fourth-order valence-corrected chi connectivity index (χ4v) is 4.07. The van der Waals surface area contributed by atoms with E-state index in [0.717, 1.165) is 16.7 Å². The highest BCUT2D eigenvalue weighted by Gasteiger charge is 2.39. The molecule has 0 saturated heterocycles. The first-order chi connectivity index (χ1) is 16.4. The number of carbonyl (C=O) groups is 2. The van der Waals surface area contributed by atoms with E-state index in [-0.39, 0.29) is 24.9 Å². The number of benzene rings is 3. The largest absolute Gasteiger partial charge is 0.497 e. The Balaban J connectivity index is 1.53. The van der Waals surface area contributed by atoms with Crippen molar-refractivity contribution in [3.8, 4) is 17.2 Å². The molecule has 2 heterocycles. The van der Waals surface area contributed by atoms with E-state index in [9.17, 15) is 9.59 Å². The van der Waals surface area contributed by atoms with Crippen molar-refractivity contribution in [3.05, 3.63) is 88.6 Å². The van der Waals surface area contributed by atoms with Crippen LogP contribution >= 0.6 is 0 Å². The Morgan fingerprint density at radius 3 is 2.53 bits per heavy atom. The maximum atomic E-state index is 13.6. The molecule has 3 aromatic rings. The smallest absolute Gasteiger partial charge is 0.278 e. The number of ether oxygens (including phenoxy) is 3. The van der Waals surface area contributed by atoms with Crippen LogP contribution in [0.5, 0.6) is 17.2 Å². The monoisotopic (exact) mass is 456 g/mol. The standard InChI is InChI=1S/C27H24N2O5/c1-16-7-9-19(11-17(16)2)24-25(28-20-5-4-6-21(13-20)32-3)27(31)29(26(24)30)14-18-8-10-22-23(12-18)34-15-33-22/h4-13,28H,14-15H2,1-3H3. The van der Waals surface area contributed by atoms with E-state index < -0.39 is 5.91 Å². The molecule has 0 aliphatic carbocycles. The molecular weight excluding hydrogens is 432 g/mol. The van der Waals surface area contributed by atoms with Crippen molar-refractivity contribution in [2.75, 3.05) is 19.2 Å². The quantitative estimate of drug-likeness (QED) is 0.553. The van der Waals surface area contributed by atoms with Gasteiger partial charge in [-0.25, -0.2) is 0 Å². The minimum absolute atomic E-state index is 0.117. The number of aryl methyl sites for hydroxylation is 2. The molecule has 2 aliphatic rings. The Morgan fingerprint density at radius 2 is 1.74 bits per heavy atom. The molecule has 0 atom stereocenters. The summed E-state index contributed by atoms with van der Waals surface area (Å²) in [6.07, 6.45) is 0. The molecule has 7 heteroatoms. The highest BCUT2D eigenvalue weighted by atomic mass is 16.7. The Bertz CT molecular complexity index is 1340. The van der Waals surface area contributed by atoms with Gasteiger partial charge in [-0.3, -0.25) is 14.5 Å². The average Bonchev–Trinajstić information content (AvgIpc) is 3.39. The first-order valence-corrected chi connectivity index (χ1v) is 10.9. The van der Waals surface area contributed by atoms with Gasteiger partial charge >= 0.3 is 0 Å². The molecular formula is C27H24N2O5. The summed E-state index contributed by atoms with van der Waals surface area (Å²) in [5.41, 5.74) is 4.86. The van der Waals surface area contributed by atoms with Gasteiger partial charge in [0, 0.05) is 11.8 Å². The fourth-order valence-electron chi connectivity index (χ4n) is 4.07. The van der Waals surface area contributed by atoms with Crippen LogP contribution < -0.4 is 19.5 Å². The zero-order chi connectivity index (χ0) is 23.8. The van der Waals surface area contributed by atoms with E-state index in [0.29, 0.717) is 34.1 Å². The average molecular weight is 456 g/mol. The zero-order valence-corrected chi connectivity index (χ0v) is 19.2. The normalized spacial score (nSPS) is 14.7.